The Morgan fingerprint density at radius 2 is 1.87 bits per heavy atom. The number of nitrogens with one attached hydrogen (secondary N) is 1. The fraction of sp³-hybridized carbons (Fsp3) is 0.190. The van der Waals surface area contributed by atoms with E-state index in [1.807, 2.05) is 0 Å². The Kier molecular flexibility index (Phi) is 5.05. The van der Waals surface area contributed by atoms with Gasteiger partial charge in [-0.25, -0.2) is 19.3 Å². The van der Waals surface area contributed by atoms with Gasteiger partial charge in [-0.15, -0.1) is 0 Å². The first-order valence-electron chi connectivity index (χ1n) is 9.42. The Morgan fingerprint density at radius 1 is 1.10 bits per heavy atom. The van der Waals surface area contributed by atoms with Crippen molar-refractivity contribution < 1.29 is 19.7 Å². The standard InChI is InChI=1S/C21H21FN6O3/c1-11-10-28-18(19(23)25-11)17(27-20(28)21(29,30)31)15-6-7-16(26-12(15)2)24-9-13-4-3-5-14(22)8-13/h3-8,10,29-31H,9H2,1-2H3,(H2,23,25)(H,24,26). The summed E-state index contributed by atoms with van der Waals surface area (Å²) in [6.45, 7) is 3.83. The zero-order chi connectivity index (χ0) is 22.3. The summed E-state index contributed by atoms with van der Waals surface area (Å²) in [5, 5.41) is 32.4. The molecule has 0 saturated heterocycles. The van der Waals surface area contributed by atoms with Crippen LogP contribution in [0.2, 0.25) is 0 Å². The van der Waals surface area contributed by atoms with E-state index in [1.54, 1.807) is 38.1 Å². The number of hydrogen-bond acceptors (Lipinski definition) is 8. The molecule has 160 valence electrons. The minimum Gasteiger partial charge on any atom is -0.382 e. The van der Waals surface area contributed by atoms with Crippen molar-refractivity contribution in [1.29, 1.82) is 0 Å². The second-order valence-electron chi connectivity index (χ2n) is 7.22. The third-order valence-corrected chi connectivity index (χ3v) is 4.77. The number of nitrogens with two attached hydrogens (primary N) is 1. The van der Waals surface area contributed by atoms with Gasteiger partial charge in [-0.1, -0.05) is 12.1 Å². The third kappa shape index (κ3) is 4.04. The molecule has 3 heterocycles. The minimum atomic E-state index is -3.17. The summed E-state index contributed by atoms with van der Waals surface area (Å²) in [5.74, 6) is -3.21. The highest BCUT2D eigenvalue weighted by atomic mass is 19.1. The molecule has 0 bridgehead atoms. The summed E-state index contributed by atoms with van der Waals surface area (Å²) >= 11 is 0. The molecule has 0 amide bonds. The zero-order valence-corrected chi connectivity index (χ0v) is 16.8. The van der Waals surface area contributed by atoms with Crippen molar-refractivity contribution in [3.8, 4) is 11.3 Å². The van der Waals surface area contributed by atoms with Crippen LogP contribution in [0, 0.1) is 19.7 Å². The van der Waals surface area contributed by atoms with Gasteiger partial charge in [-0.2, -0.15) is 0 Å². The van der Waals surface area contributed by atoms with E-state index in [4.69, 9.17) is 5.73 Å². The highest BCUT2D eigenvalue weighted by molar-refractivity contribution is 5.86. The van der Waals surface area contributed by atoms with Gasteiger partial charge >= 0.3 is 5.97 Å². The van der Waals surface area contributed by atoms with Crippen LogP contribution >= 0.6 is 0 Å². The number of aromatic nitrogens is 4. The number of benzene rings is 1. The van der Waals surface area contributed by atoms with Gasteiger partial charge in [0.2, 0.25) is 5.82 Å². The van der Waals surface area contributed by atoms with Crippen LogP contribution in [0.1, 0.15) is 22.8 Å². The Balaban J connectivity index is 1.73. The van der Waals surface area contributed by atoms with E-state index in [2.05, 4.69) is 20.3 Å². The predicted molar refractivity (Wildman–Crippen MR) is 112 cm³/mol. The van der Waals surface area contributed by atoms with E-state index in [9.17, 15) is 19.7 Å². The quantitative estimate of drug-likeness (QED) is 0.306. The van der Waals surface area contributed by atoms with Gasteiger partial charge < -0.3 is 26.4 Å². The predicted octanol–water partition coefficient (Wildman–Crippen LogP) is 1.83. The summed E-state index contributed by atoms with van der Waals surface area (Å²) in [5.41, 5.74) is 9.11. The van der Waals surface area contributed by atoms with E-state index in [-0.39, 0.29) is 11.6 Å². The maximum atomic E-state index is 13.3. The normalized spacial score (nSPS) is 11.8. The Bertz CT molecular complexity index is 1280. The molecule has 31 heavy (non-hydrogen) atoms. The molecule has 1 aromatic carbocycles. The van der Waals surface area contributed by atoms with Crippen LogP contribution in [0.15, 0.2) is 42.6 Å². The molecule has 0 aliphatic rings. The topological polar surface area (TPSA) is 142 Å². The van der Waals surface area contributed by atoms with Gasteiger partial charge in [0.15, 0.2) is 0 Å². The van der Waals surface area contributed by atoms with Crippen molar-refractivity contribution in [1.82, 2.24) is 19.4 Å². The fourth-order valence-electron chi connectivity index (χ4n) is 3.44. The number of aryl methyl sites for hydroxylation is 2. The van der Waals surface area contributed by atoms with E-state index in [0.717, 1.165) is 5.56 Å². The molecule has 0 radical (unpaired) electrons. The SMILES string of the molecule is Cc1cn2c(C(O)(O)O)nc(-c3ccc(NCc4cccc(F)c4)nc3C)c2c(N)n1. The molecule has 0 saturated carbocycles. The number of halogens is 1. The lowest BCUT2D eigenvalue weighted by molar-refractivity contribution is -0.329. The lowest BCUT2D eigenvalue weighted by atomic mass is 10.1. The molecule has 0 fully saturated rings. The van der Waals surface area contributed by atoms with Gasteiger partial charge in [0.1, 0.15) is 28.7 Å². The minimum absolute atomic E-state index is 0.116. The molecule has 0 aliphatic heterocycles. The van der Waals surface area contributed by atoms with E-state index < -0.39 is 11.8 Å². The van der Waals surface area contributed by atoms with Crippen molar-refractivity contribution in [2.24, 2.45) is 0 Å². The molecule has 0 aliphatic carbocycles. The van der Waals surface area contributed by atoms with E-state index >= 15 is 0 Å². The number of anilines is 2. The number of nitrogen functional groups attached to an aromatic ring is 1. The average molecular weight is 424 g/mol. The summed E-state index contributed by atoms with van der Waals surface area (Å²) in [4.78, 5) is 12.9. The monoisotopic (exact) mass is 424 g/mol. The average Bonchev–Trinajstić information content (AvgIpc) is 3.06. The molecule has 4 aromatic rings. The fourth-order valence-corrected chi connectivity index (χ4v) is 3.44. The van der Waals surface area contributed by atoms with Crippen molar-refractivity contribution >= 4 is 17.2 Å². The van der Waals surface area contributed by atoms with Crippen LogP contribution in [0.25, 0.3) is 16.8 Å². The molecule has 3 aromatic heterocycles. The molecule has 0 unspecified atom stereocenters. The largest absolute Gasteiger partial charge is 0.382 e. The molecule has 6 N–H and O–H groups in total. The Morgan fingerprint density at radius 3 is 2.55 bits per heavy atom. The zero-order valence-electron chi connectivity index (χ0n) is 16.8. The van der Waals surface area contributed by atoms with Crippen LogP contribution in [0.4, 0.5) is 16.0 Å². The van der Waals surface area contributed by atoms with E-state index in [1.165, 1.54) is 22.7 Å². The van der Waals surface area contributed by atoms with Crippen LogP contribution in [0.3, 0.4) is 0 Å². The molecule has 0 atom stereocenters. The second kappa shape index (κ2) is 7.58. The highest BCUT2D eigenvalue weighted by Gasteiger charge is 2.31. The van der Waals surface area contributed by atoms with Gasteiger partial charge in [0, 0.05) is 24.0 Å². The lowest BCUT2D eigenvalue weighted by Gasteiger charge is -2.12. The van der Waals surface area contributed by atoms with Crippen LogP contribution in [-0.4, -0.2) is 34.7 Å². The molecule has 10 heteroatoms. The van der Waals surface area contributed by atoms with Crippen LogP contribution < -0.4 is 11.1 Å². The van der Waals surface area contributed by atoms with Gasteiger partial charge in [-0.05, 0) is 43.7 Å². The first kappa shape index (κ1) is 20.7. The van der Waals surface area contributed by atoms with Crippen LogP contribution in [-0.2, 0) is 12.5 Å². The summed E-state index contributed by atoms with van der Waals surface area (Å²) in [6, 6.07) is 9.73. The molecule has 0 spiro atoms. The number of pyridine rings is 1. The second-order valence-corrected chi connectivity index (χ2v) is 7.22. The Hall–Kier alpha value is -3.60. The van der Waals surface area contributed by atoms with Gasteiger partial charge in [0.05, 0.1) is 5.69 Å². The number of fused-ring (bicyclic) bond motifs is 1. The number of nitrogens with zero attached hydrogens (tertiary/aromatic N) is 4. The van der Waals surface area contributed by atoms with Crippen molar-refractivity contribution in [3.05, 3.63) is 71.2 Å². The Labute approximate surface area is 176 Å². The molecule has 9 nitrogen and oxygen atoms in total. The number of rotatable bonds is 5. The van der Waals surface area contributed by atoms with E-state index in [0.29, 0.717) is 40.5 Å². The third-order valence-electron chi connectivity index (χ3n) is 4.77. The van der Waals surface area contributed by atoms with Crippen molar-refractivity contribution in [2.45, 2.75) is 26.4 Å². The number of imidazole rings is 1. The first-order valence-corrected chi connectivity index (χ1v) is 9.42. The van der Waals surface area contributed by atoms with Gasteiger partial charge in [-0.3, -0.25) is 4.40 Å². The number of aliphatic hydroxyl groups is 3. The van der Waals surface area contributed by atoms with Crippen molar-refractivity contribution in [3.63, 3.8) is 0 Å². The van der Waals surface area contributed by atoms with Crippen molar-refractivity contribution in [2.75, 3.05) is 11.1 Å². The first-order chi connectivity index (χ1) is 14.6. The summed E-state index contributed by atoms with van der Waals surface area (Å²) < 4.78 is 14.6. The maximum absolute atomic E-state index is 13.3. The molecule has 4 rings (SSSR count). The highest BCUT2D eigenvalue weighted by Crippen LogP contribution is 2.32. The number of hydrogen-bond donors (Lipinski definition) is 5. The maximum Gasteiger partial charge on any atom is 0.339 e. The lowest BCUT2D eigenvalue weighted by Crippen LogP contribution is -2.27. The molecular formula is C21H21FN6O3. The van der Waals surface area contributed by atoms with Gasteiger partial charge in [0.25, 0.3) is 0 Å². The smallest absolute Gasteiger partial charge is 0.339 e. The summed E-state index contributed by atoms with van der Waals surface area (Å²) in [6.07, 6.45) is 1.49. The summed E-state index contributed by atoms with van der Waals surface area (Å²) in [7, 11) is 0. The molecular weight excluding hydrogens is 403 g/mol. The van der Waals surface area contributed by atoms with Crippen LogP contribution in [0.5, 0.6) is 0 Å².